The third kappa shape index (κ3) is 2.75. The van der Waals surface area contributed by atoms with Gasteiger partial charge in [0.25, 0.3) is 0 Å². The fourth-order valence-corrected chi connectivity index (χ4v) is 3.35. The minimum absolute atomic E-state index is 0.530. The molecule has 138 valence electrons. The number of fused-ring (bicyclic) bond motifs is 3. The van der Waals surface area contributed by atoms with E-state index in [1.54, 1.807) is 24.5 Å². The lowest BCUT2D eigenvalue weighted by Gasteiger charge is -2.08. The lowest BCUT2D eigenvalue weighted by molar-refractivity contribution is 1.12. The SMILES string of the molecule is [C-]#[N+]c1ccc(-c2nnc3cnc4ccc(-c5cnc(N)c(C)c5)cc4n23)cc1. The highest BCUT2D eigenvalue weighted by molar-refractivity contribution is 5.85. The van der Waals surface area contributed by atoms with Crippen LogP contribution in [0.2, 0.25) is 0 Å². The highest BCUT2D eigenvalue weighted by Crippen LogP contribution is 2.28. The second-order valence-corrected chi connectivity index (χ2v) is 6.76. The number of hydrogen-bond acceptors (Lipinski definition) is 5. The summed E-state index contributed by atoms with van der Waals surface area (Å²) in [6, 6.07) is 15.4. The fraction of sp³-hybridized carbons (Fsp3) is 0.0455. The average molecular weight is 377 g/mol. The van der Waals surface area contributed by atoms with Crippen LogP contribution in [-0.2, 0) is 0 Å². The summed E-state index contributed by atoms with van der Waals surface area (Å²) in [6.07, 6.45) is 3.48. The van der Waals surface area contributed by atoms with Crippen molar-refractivity contribution < 1.29 is 0 Å². The van der Waals surface area contributed by atoms with Crippen LogP contribution >= 0.6 is 0 Å². The lowest BCUT2D eigenvalue weighted by Crippen LogP contribution is -1.96. The molecule has 0 amide bonds. The summed E-state index contributed by atoms with van der Waals surface area (Å²) >= 11 is 0. The number of benzene rings is 2. The van der Waals surface area contributed by atoms with Gasteiger partial charge in [0.05, 0.1) is 23.8 Å². The van der Waals surface area contributed by atoms with Gasteiger partial charge in [0.1, 0.15) is 5.82 Å². The van der Waals surface area contributed by atoms with Gasteiger partial charge in [-0.25, -0.2) is 9.83 Å². The Morgan fingerprint density at radius 3 is 2.45 bits per heavy atom. The van der Waals surface area contributed by atoms with E-state index in [1.807, 2.05) is 41.7 Å². The number of nitrogens with zero attached hydrogens (tertiary/aromatic N) is 6. The van der Waals surface area contributed by atoms with Crippen LogP contribution < -0.4 is 5.73 Å². The summed E-state index contributed by atoms with van der Waals surface area (Å²) in [4.78, 5) is 12.2. The number of anilines is 1. The van der Waals surface area contributed by atoms with E-state index in [2.05, 4.69) is 31.1 Å². The zero-order chi connectivity index (χ0) is 20.0. The maximum absolute atomic E-state index is 7.13. The molecular formula is C22H15N7. The molecule has 0 fully saturated rings. The second-order valence-electron chi connectivity index (χ2n) is 6.76. The molecule has 0 saturated carbocycles. The number of pyridine rings is 1. The zero-order valence-corrected chi connectivity index (χ0v) is 15.5. The Kier molecular flexibility index (Phi) is 3.71. The van der Waals surface area contributed by atoms with Crippen molar-refractivity contribution in [3.63, 3.8) is 0 Å². The van der Waals surface area contributed by atoms with E-state index in [0.717, 1.165) is 33.3 Å². The number of nitrogens with two attached hydrogens (primary N) is 1. The van der Waals surface area contributed by atoms with Gasteiger partial charge in [0, 0.05) is 17.3 Å². The molecule has 0 bridgehead atoms. The molecule has 3 heterocycles. The van der Waals surface area contributed by atoms with Gasteiger partial charge in [-0.15, -0.1) is 10.2 Å². The van der Waals surface area contributed by atoms with Crippen molar-refractivity contribution in [2.75, 3.05) is 5.73 Å². The van der Waals surface area contributed by atoms with Gasteiger partial charge in [-0.3, -0.25) is 9.38 Å². The molecule has 0 saturated heterocycles. The molecule has 0 spiro atoms. The van der Waals surface area contributed by atoms with Gasteiger partial charge in [0.15, 0.2) is 17.2 Å². The standard InChI is InChI=1S/C22H15N7/c1-13-9-16(11-26-21(13)23)15-5-8-18-19(10-15)29-20(12-25-18)27-28-22(29)14-3-6-17(24-2)7-4-14/h3-12H,1H3,(H2,23,26). The van der Waals surface area contributed by atoms with Gasteiger partial charge in [-0.2, -0.15) is 0 Å². The van der Waals surface area contributed by atoms with Crippen molar-refractivity contribution in [3.05, 3.63) is 77.9 Å². The molecule has 5 aromatic rings. The summed E-state index contributed by atoms with van der Waals surface area (Å²) in [5.74, 6) is 1.23. The first-order chi connectivity index (χ1) is 14.1. The molecule has 5 rings (SSSR count). The molecule has 7 nitrogen and oxygen atoms in total. The summed E-state index contributed by atoms with van der Waals surface area (Å²) in [5, 5.41) is 8.64. The Morgan fingerprint density at radius 2 is 1.69 bits per heavy atom. The molecule has 3 aromatic heterocycles. The van der Waals surface area contributed by atoms with Crippen LogP contribution in [0.4, 0.5) is 11.5 Å². The van der Waals surface area contributed by atoms with E-state index in [-0.39, 0.29) is 0 Å². The van der Waals surface area contributed by atoms with Crippen LogP contribution in [0.1, 0.15) is 5.56 Å². The molecule has 0 unspecified atom stereocenters. The molecule has 0 aliphatic rings. The average Bonchev–Trinajstić information content (AvgIpc) is 3.20. The van der Waals surface area contributed by atoms with Crippen LogP contribution in [0.25, 0.3) is 44.0 Å². The first-order valence-electron chi connectivity index (χ1n) is 8.98. The molecule has 2 N–H and O–H groups in total. The van der Waals surface area contributed by atoms with E-state index in [0.29, 0.717) is 23.0 Å². The van der Waals surface area contributed by atoms with Crippen molar-refractivity contribution in [2.24, 2.45) is 0 Å². The smallest absolute Gasteiger partial charge is 0.187 e. The lowest BCUT2D eigenvalue weighted by atomic mass is 10.0. The first kappa shape index (κ1) is 16.8. The minimum Gasteiger partial charge on any atom is -0.383 e. The Balaban J connectivity index is 1.75. The normalized spacial score (nSPS) is 11.0. The molecule has 0 atom stereocenters. The quantitative estimate of drug-likeness (QED) is 0.459. The van der Waals surface area contributed by atoms with Crippen molar-refractivity contribution in [1.29, 1.82) is 0 Å². The van der Waals surface area contributed by atoms with Crippen molar-refractivity contribution in [2.45, 2.75) is 6.92 Å². The summed E-state index contributed by atoms with van der Waals surface area (Å²) in [6.45, 7) is 9.07. The highest BCUT2D eigenvalue weighted by atomic mass is 15.3. The van der Waals surface area contributed by atoms with Gasteiger partial charge in [-0.05, 0) is 36.2 Å². The van der Waals surface area contributed by atoms with E-state index in [1.165, 1.54) is 0 Å². The third-order valence-corrected chi connectivity index (χ3v) is 4.93. The second kappa shape index (κ2) is 6.39. The first-order valence-corrected chi connectivity index (χ1v) is 8.98. The molecule has 2 aromatic carbocycles. The van der Waals surface area contributed by atoms with Gasteiger partial charge in [0.2, 0.25) is 0 Å². The maximum Gasteiger partial charge on any atom is 0.187 e. The van der Waals surface area contributed by atoms with Crippen LogP contribution in [0, 0.1) is 13.5 Å². The highest BCUT2D eigenvalue weighted by Gasteiger charge is 2.13. The summed E-state index contributed by atoms with van der Waals surface area (Å²) < 4.78 is 1.98. The molecular weight excluding hydrogens is 362 g/mol. The Hall–Kier alpha value is -4.31. The van der Waals surface area contributed by atoms with E-state index < -0.39 is 0 Å². The van der Waals surface area contributed by atoms with Crippen LogP contribution in [0.3, 0.4) is 0 Å². The number of aromatic nitrogens is 5. The van der Waals surface area contributed by atoms with Crippen molar-refractivity contribution in [3.8, 4) is 22.5 Å². The summed E-state index contributed by atoms with van der Waals surface area (Å²) in [5.41, 5.74) is 12.6. The van der Waals surface area contributed by atoms with Gasteiger partial charge < -0.3 is 5.73 Å². The predicted molar refractivity (Wildman–Crippen MR) is 112 cm³/mol. The van der Waals surface area contributed by atoms with Crippen molar-refractivity contribution >= 4 is 28.2 Å². The van der Waals surface area contributed by atoms with E-state index in [4.69, 9.17) is 12.3 Å². The van der Waals surface area contributed by atoms with Crippen LogP contribution in [0.5, 0.6) is 0 Å². The van der Waals surface area contributed by atoms with Gasteiger partial charge >= 0.3 is 0 Å². The molecule has 0 aliphatic carbocycles. The van der Waals surface area contributed by atoms with E-state index in [9.17, 15) is 0 Å². The Morgan fingerprint density at radius 1 is 0.897 bits per heavy atom. The molecule has 0 radical (unpaired) electrons. The maximum atomic E-state index is 7.13. The third-order valence-electron chi connectivity index (χ3n) is 4.93. The molecule has 29 heavy (non-hydrogen) atoms. The fourth-order valence-electron chi connectivity index (χ4n) is 3.35. The number of aryl methyl sites for hydroxylation is 1. The van der Waals surface area contributed by atoms with E-state index >= 15 is 0 Å². The Labute approximate surface area is 166 Å². The summed E-state index contributed by atoms with van der Waals surface area (Å²) in [7, 11) is 0. The van der Waals surface area contributed by atoms with Crippen LogP contribution in [-0.4, -0.2) is 24.6 Å². The van der Waals surface area contributed by atoms with Gasteiger partial charge in [-0.1, -0.05) is 30.3 Å². The monoisotopic (exact) mass is 377 g/mol. The zero-order valence-electron chi connectivity index (χ0n) is 15.5. The van der Waals surface area contributed by atoms with Crippen LogP contribution in [0.15, 0.2) is 60.9 Å². The number of nitrogen functional groups attached to an aromatic ring is 1. The number of rotatable bonds is 2. The number of hydrogen-bond donors (Lipinski definition) is 1. The topological polar surface area (TPSA) is 86.3 Å². The predicted octanol–water partition coefficient (Wildman–Crippen LogP) is 4.45. The molecule has 0 aliphatic heterocycles. The Bertz CT molecular complexity index is 1430. The minimum atomic E-state index is 0.530. The van der Waals surface area contributed by atoms with Crippen molar-refractivity contribution in [1.82, 2.24) is 24.6 Å². The molecule has 7 heteroatoms. The largest absolute Gasteiger partial charge is 0.383 e.